The minimum absolute atomic E-state index is 0.0551. The molecule has 1 aliphatic carbocycles. The van der Waals surface area contributed by atoms with Crippen LogP contribution in [0.25, 0.3) is 0 Å². The van der Waals surface area contributed by atoms with E-state index in [0.717, 1.165) is 32.1 Å². The van der Waals surface area contributed by atoms with Gasteiger partial charge in [0.2, 0.25) is 0 Å². The molecule has 1 unspecified atom stereocenters. The highest BCUT2D eigenvalue weighted by Gasteiger charge is 2.32. The summed E-state index contributed by atoms with van der Waals surface area (Å²) in [4.78, 5) is 24.3. The number of nitrogens with zero attached hydrogens (tertiary/aromatic N) is 2. The van der Waals surface area contributed by atoms with E-state index in [9.17, 15) is 14.9 Å². The second kappa shape index (κ2) is 9.85. The SMILES string of the molecule is CCC(CC(=O)O)c1cc(F)c(N(CC(C)C)C2CCCCC2)c([N+](=O)[O-])c1. The van der Waals surface area contributed by atoms with E-state index in [2.05, 4.69) is 0 Å². The summed E-state index contributed by atoms with van der Waals surface area (Å²) < 4.78 is 15.3. The molecule has 0 amide bonds. The number of aliphatic carboxylic acids is 1. The first kappa shape index (κ1) is 22.1. The molecular weight excluding hydrogens is 363 g/mol. The Morgan fingerprint density at radius 1 is 1.32 bits per heavy atom. The van der Waals surface area contributed by atoms with Crippen LogP contribution in [0.3, 0.4) is 0 Å². The van der Waals surface area contributed by atoms with Gasteiger partial charge in [-0.05, 0) is 42.7 Å². The van der Waals surface area contributed by atoms with E-state index in [0.29, 0.717) is 18.5 Å². The van der Waals surface area contributed by atoms with E-state index in [1.807, 2.05) is 18.7 Å². The molecule has 1 aliphatic rings. The highest BCUT2D eigenvalue weighted by Crippen LogP contribution is 2.39. The number of hydrogen-bond donors (Lipinski definition) is 1. The third-order valence-corrected chi connectivity index (χ3v) is 5.51. The highest BCUT2D eigenvalue weighted by molar-refractivity contribution is 5.70. The van der Waals surface area contributed by atoms with Gasteiger partial charge in [-0.1, -0.05) is 40.0 Å². The van der Waals surface area contributed by atoms with Crippen LogP contribution in [-0.2, 0) is 4.79 Å². The molecule has 156 valence electrons. The molecule has 0 heterocycles. The molecule has 1 fully saturated rings. The van der Waals surface area contributed by atoms with Crippen molar-refractivity contribution in [1.82, 2.24) is 0 Å². The van der Waals surface area contributed by atoms with E-state index in [1.165, 1.54) is 12.1 Å². The standard InChI is InChI=1S/C21H31FN2O4/c1-4-15(12-20(25)26)16-10-18(22)21(19(11-16)24(27)28)23(13-14(2)3)17-8-6-5-7-9-17/h10-11,14-15,17H,4-9,12-13H2,1-3H3,(H,25,26). The average molecular weight is 394 g/mol. The summed E-state index contributed by atoms with van der Waals surface area (Å²) in [5, 5.41) is 20.9. The van der Waals surface area contributed by atoms with E-state index in [4.69, 9.17) is 5.11 Å². The number of nitro groups is 1. The van der Waals surface area contributed by atoms with E-state index >= 15 is 4.39 Å². The fourth-order valence-electron chi connectivity index (χ4n) is 4.18. The monoisotopic (exact) mass is 394 g/mol. The zero-order valence-corrected chi connectivity index (χ0v) is 17.0. The number of carboxylic acid groups (broad SMARTS) is 1. The second-order valence-electron chi connectivity index (χ2n) is 8.17. The lowest BCUT2D eigenvalue weighted by molar-refractivity contribution is -0.384. The minimum atomic E-state index is -0.998. The van der Waals surface area contributed by atoms with Crippen LogP contribution in [0.2, 0.25) is 0 Å². The molecule has 6 nitrogen and oxygen atoms in total. The molecule has 7 heteroatoms. The topological polar surface area (TPSA) is 83.7 Å². The van der Waals surface area contributed by atoms with Gasteiger partial charge in [0.15, 0.2) is 11.5 Å². The maximum Gasteiger partial charge on any atom is 0.303 e. The van der Waals surface area contributed by atoms with Gasteiger partial charge in [0.1, 0.15) is 0 Å². The number of halogens is 1. The molecule has 0 aromatic heterocycles. The zero-order valence-electron chi connectivity index (χ0n) is 17.0. The van der Waals surface area contributed by atoms with E-state index in [-0.39, 0.29) is 29.8 Å². The zero-order chi connectivity index (χ0) is 20.8. The molecular formula is C21H31FN2O4. The molecule has 1 aromatic carbocycles. The van der Waals surface area contributed by atoms with E-state index < -0.39 is 22.6 Å². The first-order valence-electron chi connectivity index (χ1n) is 10.2. The Hall–Kier alpha value is -2.18. The van der Waals surface area contributed by atoms with Crippen molar-refractivity contribution in [2.24, 2.45) is 5.92 Å². The predicted molar refractivity (Wildman–Crippen MR) is 107 cm³/mol. The summed E-state index contributed by atoms with van der Waals surface area (Å²) in [6, 6.07) is 2.78. The molecule has 2 rings (SSSR count). The Kier molecular flexibility index (Phi) is 7.78. The predicted octanol–water partition coefficient (Wildman–Crippen LogP) is 5.50. The van der Waals surface area contributed by atoms with Crippen molar-refractivity contribution < 1.29 is 19.2 Å². The fourth-order valence-corrected chi connectivity index (χ4v) is 4.18. The summed E-state index contributed by atoms with van der Waals surface area (Å²) in [6.07, 6.45) is 5.34. The Morgan fingerprint density at radius 2 is 1.96 bits per heavy atom. The third-order valence-electron chi connectivity index (χ3n) is 5.51. The molecule has 1 aromatic rings. The number of carbonyl (C=O) groups is 1. The number of nitro benzene ring substituents is 1. The maximum atomic E-state index is 15.3. The van der Waals surface area contributed by atoms with Crippen LogP contribution in [0, 0.1) is 21.8 Å². The molecule has 0 radical (unpaired) electrons. The number of hydrogen-bond acceptors (Lipinski definition) is 4. The summed E-state index contributed by atoms with van der Waals surface area (Å²) >= 11 is 0. The molecule has 0 aliphatic heterocycles. The first-order valence-corrected chi connectivity index (χ1v) is 10.2. The Balaban J connectivity index is 2.53. The number of benzene rings is 1. The number of carboxylic acids is 1. The second-order valence-corrected chi connectivity index (χ2v) is 8.17. The molecule has 0 bridgehead atoms. The Bertz CT molecular complexity index is 702. The highest BCUT2D eigenvalue weighted by atomic mass is 19.1. The fraction of sp³-hybridized carbons (Fsp3) is 0.667. The lowest BCUT2D eigenvalue weighted by atomic mass is 9.90. The summed E-state index contributed by atoms with van der Waals surface area (Å²) in [5.41, 5.74) is 0.176. The first-order chi connectivity index (χ1) is 13.2. The van der Waals surface area contributed by atoms with Gasteiger partial charge < -0.3 is 10.0 Å². The molecule has 1 N–H and O–H groups in total. The van der Waals surface area contributed by atoms with Crippen molar-refractivity contribution in [3.63, 3.8) is 0 Å². The van der Waals surface area contributed by atoms with Crippen molar-refractivity contribution in [2.45, 2.75) is 77.7 Å². The van der Waals surface area contributed by atoms with Gasteiger partial charge in [-0.25, -0.2) is 4.39 Å². The van der Waals surface area contributed by atoms with E-state index in [1.54, 1.807) is 6.92 Å². The van der Waals surface area contributed by atoms with Gasteiger partial charge in [0, 0.05) is 18.7 Å². The van der Waals surface area contributed by atoms with Gasteiger partial charge in [-0.15, -0.1) is 0 Å². The van der Waals surface area contributed by atoms with Crippen LogP contribution >= 0.6 is 0 Å². The van der Waals surface area contributed by atoms with Crippen LogP contribution in [0.1, 0.15) is 77.2 Å². The summed E-state index contributed by atoms with van der Waals surface area (Å²) in [6.45, 7) is 6.40. The van der Waals surface area contributed by atoms with Crippen molar-refractivity contribution in [1.29, 1.82) is 0 Å². The quantitative estimate of drug-likeness (QED) is 0.442. The van der Waals surface area contributed by atoms with Gasteiger partial charge in [-0.3, -0.25) is 14.9 Å². The van der Waals surface area contributed by atoms with Crippen LogP contribution in [-0.4, -0.2) is 28.6 Å². The Morgan fingerprint density at radius 3 is 2.46 bits per heavy atom. The van der Waals surface area contributed by atoms with Crippen LogP contribution in [0.15, 0.2) is 12.1 Å². The van der Waals surface area contributed by atoms with Crippen molar-refractivity contribution in [3.8, 4) is 0 Å². The third kappa shape index (κ3) is 5.42. The maximum absolute atomic E-state index is 15.3. The van der Waals surface area contributed by atoms with Crippen molar-refractivity contribution in [3.05, 3.63) is 33.6 Å². The lowest BCUT2D eigenvalue weighted by Crippen LogP contribution is -2.40. The summed E-state index contributed by atoms with van der Waals surface area (Å²) in [5.74, 6) is -1.84. The molecule has 1 saturated carbocycles. The number of rotatable bonds is 9. The van der Waals surface area contributed by atoms with Crippen molar-refractivity contribution in [2.75, 3.05) is 11.4 Å². The van der Waals surface area contributed by atoms with Gasteiger partial charge >= 0.3 is 5.97 Å². The van der Waals surface area contributed by atoms with Gasteiger partial charge in [0.05, 0.1) is 11.3 Å². The average Bonchev–Trinajstić information content (AvgIpc) is 2.64. The molecule has 1 atom stereocenters. The molecule has 0 saturated heterocycles. The molecule has 0 spiro atoms. The molecule has 28 heavy (non-hydrogen) atoms. The van der Waals surface area contributed by atoms with Crippen LogP contribution in [0.4, 0.5) is 15.8 Å². The number of anilines is 1. The van der Waals surface area contributed by atoms with Crippen LogP contribution in [0.5, 0.6) is 0 Å². The van der Waals surface area contributed by atoms with Crippen LogP contribution < -0.4 is 4.90 Å². The smallest absolute Gasteiger partial charge is 0.303 e. The largest absolute Gasteiger partial charge is 0.481 e. The van der Waals surface area contributed by atoms with Gasteiger partial charge in [0.25, 0.3) is 5.69 Å². The van der Waals surface area contributed by atoms with Gasteiger partial charge in [-0.2, -0.15) is 0 Å². The minimum Gasteiger partial charge on any atom is -0.481 e. The Labute approximate surface area is 165 Å². The van der Waals surface area contributed by atoms with Crippen molar-refractivity contribution >= 4 is 17.3 Å². The summed E-state index contributed by atoms with van der Waals surface area (Å²) in [7, 11) is 0. The lowest BCUT2D eigenvalue weighted by Gasteiger charge is -2.37. The normalized spacial score (nSPS) is 16.2.